The monoisotopic (exact) mass is 126 g/mol. The second-order valence-electron chi connectivity index (χ2n) is 2.56. The summed E-state index contributed by atoms with van der Waals surface area (Å²) in [5, 5.41) is 0. The highest BCUT2D eigenvalue weighted by Gasteiger charge is 2.24. The Morgan fingerprint density at radius 1 is 1.56 bits per heavy atom. The maximum Gasteiger partial charge on any atom is 0.0879 e. The quantitative estimate of drug-likeness (QED) is 0.481. The summed E-state index contributed by atoms with van der Waals surface area (Å²) in [7, 11) is 0. The summed E-state index contributed by atoms with van der Waals surface area (Å²) >= 11 is 0. The summed E-state index contributed by atoms with van der Waals surface area (Å²) < 4.78 is 10.4. The van der Waals surface area contributed by atoms with Crippen LogP contribution < -0.4 is 0 Å². The molecule has 50 valence electrons. The van der Waals surface area contributed by atoms with Crippen LogP contribution in [0.1, 0.15) is 6.42 Å². The van der Waals surface area contributed by atoms with E-state index in [-0.39, 0.29) is 0 Å². The lowest BCUT2D eigenvalue weighted by atomic mass is 10.00. The van der Waals surface area contributed by atoms with Crippen LogP contribution in [-0.4, -0.2) is 19.8 Å². The van der Waals surface area contributed by atoms with Crippen molar-refractivity contribution in [3.63, 3.8) is 0 Å². The Hall–Kier alpha value is -0.500. The third-order valence-corrected chi connectivity index (χ3v) is 1.93. The molecular weight excluding hydrogens is 116 g/mol. The van der Waals surface area contributed by atoms with E-state index in [9.17, 15) is 0 Å². The smallest absolute Gasteiger partial charge is 0.0879 e. The van der Waals surface area contributed by atoms with Crippen LogP contribution in [0.4, 0.5) is 0 Å². The van der Waals surface area contributed by atoms with Crippen molar-refractivity contribution in [1.82, 2.24) is 0 Å². The standard InChI is InChI=1S/C7H10O2/c1-2-8-4-7-5-9-3-6(1)7/h4,6H,1-3,5H2. The van der Waals surface area contributed by atoms with Crippen molar-refractivity contribution in [1.29, 1.82) is 0 Å². The normalized spacial score (nSPS) is 32.9. The minimum Gasteiger partial charge on any atom is -0.501 e. The van der Waals surface area contributed by atoms with Gasteiger partial charge in [0.2, 0.25) is 0 Å². The highest BCUT2D eigenvalue weighted by molar-refractivity contribution is 5.09. The first kappa shape index (κ1) is 5.30. The molecule has 0 aromatic rings. The molecule has 0 spiro atoms. The van der Waals surface area contributed by atoms with Crippen molar-refractivity contribution in [2.24, 2.45) is 5.92 Å². The largest absolute Gasteiger partial charge is 0.501 e. The molecule has 1 unspecified atom stereocenters. The van der Waals surface area contributed by atoms with E-state index in [1.165, 1.54) is 5.57 Å². The van der Waals surface area contributed by atoms with Gasteiger partial charge >= 0.3 is 0 Å². The van der Waals surface area contributed by atoms with E-state index < -0.39 is 0 Å². The minimum absolute atomic E-state index is 0.679. The van der Waals surface area contributed by atoms with Gasteiger partial charge in [-0.2, -0.15) is 0 Å². The molecule has 2 heteroatoms. The Morgan fingerprint density at radius 3 is 3.44 bits per heavy atom. The average molecular weight is 126 g/mol. The van der Waals surface area contributed by atoms with Gasteiger partial charge in [0.25, 0.3) is 0 Å². The maximum atomic E-state index is 5.24. The molecule has 0 bridgehead atoms. The lowest BCUT2D eigenvalue weighted by Crippen LogP contribution is -2.10. The first-order valence-corrected chi connectivity index (χ1v) is 3.35. The van der Waals surface area contributed by atoms with Crippen LogP contribution in [0.2, 0.25) is 0 Å². The molecule has 0 radical (unpaired) electrons. The fourth-order valence-corrected chi connectivity index (χ4v) is 1.32. The molecule has 2 nitrogen and oxygen atoms in total. The van der Waals surface area contributed by atoms with E-state index in [1.54, 1.807) is 0 Å². The van der Waals surface area contributed by atoms with Crippen molar-refractivity contribution in [3.05, 3.63) is 11.8 Å². The molecule has 0 amide bonds. The molecule has 1 fully saturated rings. The lowest BCUT2D eigenvalue weighted by molar-refractivity contribution is 0.171. The second-order valence-corrected chi connectivity index (χ2v) is 2.56. The van der Waals surface area contributed by atoms with Crippen molar-refractivity contribution in [3.8, 4) is 0 Å². The number of rotatable bonds is 0. The van der Waals surface area contributed by atoms with E-state index in [4.69, 9.17) is 9.47 Å². The van der Waals surface area contributed by atoms with E-state index in [0.717, 1.165) is 26.2 Å². The average Bonchev–Trinajstić information content (AvgIpc) is 2.33. The van der Waals surface area contributed by atoms with Crippen LogP contribution in [0.5, 0.6) is 0 Å². The Morgan fingerprint density at radius 2 is 2.56 bits per heavy atom. The highest BCUT2D eigenvalue weighted by atomic mass is 16.5. The zero-order valence-corrected chi connectivity index (χ0v) is 5.30. The maximum absolute atomic E-state index is 5.24. The Balaban J connectivity index is 2.16. The van der Waals surface area contributed by atoms with E-state index in [2.05, 4.69) is 0 Å². The topological polar surface area (TPSA) is 18.5 Å². The van der Waals surface area contributed by atoms with Crippen molar-refractivity contribution in [2.45, 2.75) is 6.42 Å². The Kier molecular flexibility index (Phi) is 1.19. The van der Waals surface area contributed by atoms with E-state index in [1.807, 2.05) is 6.26 Å². The predicted molar refractivity (Wildman–Crippen MR) is 33.0 cm³/mol. The fraction of sp³-hybridized carbons (Fsp3) is 0.714. The van der Waals surface area contributed by atoms with Gasteiger partial charge < -0.3 is 9.47 Å². The molecule has 0 aliphatic carbocycles. The molecular formula is C7H10O2. The van der Waals surface area contributed by atoms with Gasteiger partial charge in [-0.25, -0.2) is 0 Å². The molecule has 2 heterocycles. The molecule has 9 heavy (non-hydrogen) atoms. The zero-order valence-electron chi connectivity index (χ0n) is 5.30. The van der Waals surface area contributed by atoms with Gasteiger partial charge in [0, 0.05) is 5.92 Å². The van der Waals surface area contributed by atoms with Gasteiger partial charge in [-0.1, -0.05) is 0 Å². The van der Waals surface area contributed by atoms with Gasteiger partial charge in [-0.05, 0) is 12.0 Å². The summed E-state index contributed by atoms with van der Waals surface area (Å²) in [6.07, 6.45) is 3.01. The number of ether oxygens (including phenoxy) is 2. The van der Waals surface area contributed by atoms with Crippen molar-refractivity contribution in [2.75, 3.05) is 19.8 Å². The van der Waals surface area contributed by atoms with Crippen LogP contribution in [-0.2, 0) is 9.47 Å². The third kappa shape index (κ3) is 0.833. The summed E-state index contributed by atoms with van der Waals surface area (Å²) in [5.74, 6) is 0.679. The minimum atomic E-state index is 0.679. The van der Waals surface area contributed by atoms with Crippen LogP contribution in [0.25, 0.3) is 0 Å². The van der Waals surface area contributed by atoms with E-state index >= 15 is 0 Å². The first-order valence-electron chi connectivity index (χ1n) is 3.35. The van der Waals surface area contributed by atoms with Gasteiger partial charge in [-0.15, -0.1) is 0 Å². The van der Waals surface area contributed by atoms with Crippen LogP contribution in [0.3, 0.4) is 0 Å². The molecule has 2 aliphatic rings. The van der Waals surface area contributed by atoms with Crippen molar-refractivity contribution < 1.29 is 9.47 Å². The van der Waals surface area contributed by atoms with E-state index in [0.29, 0.717) is 5.92 Å². The molecule has 1 atom stereocenters. The van der Waals surface area contributed by atoms with Crippen LogP contribution in [0.15, 0.2) is 11.8 Å². The zero-order chi connectivity index (χ0) is 6.10. The predicted octanol–water partition coefficient (Wildman–Crippen LogP) is 0.937. The van der Waals surface area contributed by atoms with Gasteiger partial charge in [0.05, 0.1) is 26.1 Å². The van der Waals surface area contributed by atoms with Crippen LogP contribution in [0, 0.1) is 5.92 Å². The number of hydrogen-bond donors (Lipinski definition) is 0. The van der Waals surface area contributed by atoms with Gasteiger partial charge in [-0.3, -0.25) is 0 Å². The number of hydrogen-bond acceptors (Lipinski definition) is 2. The summed E-state index contributed by atoms with van der Waals surface area (Å²) in [6, 6.07) is 0. The second kappa shape index (κ2) is 2.03. The summed E-state index contributed by atoms with van der Waals surface area (Å²) in [4.78, 5) is 0. The molecule has 2 rings (SSSR count). The summed E-state index contributed by atoms with van der Waals surface area (Å²) in [6.45, 7) is 2.58. The van der Waals surface area contributed by atoms with Gasteiger partial charge in [0.1, 0.15) is 0 Å². The third-order valence-electron chi connectivity index (χ3n) is 1.93. The molecule has 1 saturated heterocycles. The number of fused-ring (bicyclic) bond motifs is 1. The Bertz CT molecular complexity index is 140. The Labute approximate surface area is 54.5 Å². The molecule has 0 saturated carbocycles. The molecule has 0 aromatic carbocycles. The summed E-state index contributed by atoms with van der Waals surface area (Å²) in [5.41, 5.74) is 1.35. The fourth-order valence-electron chi connectivity index (χ4n) is 1.32. The molecule has 0 aromatic heterocycles. The molecule has 2 aliphatic heterocycles. The van der Waals surface area contributed by atoms with Gasteiger partial charge in [0.15, 0.2) is 0 Å². The lowest BCUT2D eigenvalue weighted by Gasteiger charge is -2.14. The molecule has 0 N–H and O–H groups in total. The van der Waals surface area contributed by atoms with Crippen LogP contribution >= 0.6 is 0 Å². The first-order chi connectivity index (χ1) is 4.47. The SMILES string of the molecule is C1=C2COCC2CCO1. The highest BCUT2D eigenvalue weighted by Crippen LogP contribution is 2.25. The van der Waals surface area contributed by atoms with Crippen molar-refractivity contribution >= 4 is 0 Å².